The molecule has 1 saturated carbocycles. The Morgan fingerprint density at radius 2 is 2.10 bits per heavy atom. The molecule has 1 aromatic heterocycles. The maximum Gasteiger partial charge on any atom is 0.409 e. The molecule has 168 valence electrons. The van der Waals surface area contributed by atoms with Crippen LogP contribution in [0.1, 0.15) is 24.8 Å². The number of hydrogen-bond acceptors (Lipinski definition) is 7. The molecule has 1 atom stereocenters. The minimum absolute atomic E-state index is 0.218. The number of piperazine rings is 1. The van der Waals surface area contributed by atoms with Gasteiger partial charge in [-0.25, -0.2) is 14.2 Å². The van der Waals surface area contributed by atoms with Crippen LogP contribution >= 0.6 is 0 Å². The molecule has 3 fully saturated rings. The van der Waals surface area contributed by atoms with E-state index in [-0.39, 0.29) is 17.3 Å². The lowest BCUT2D eigenvalue weighted by molar-refractivity contribution is 0.00231. The molecular formula is C22H31FN6O2. The highest BCUT2D eigenvalue weighted by atomic mass is 19.1. The second kappa shape index (κ2) is 8.82. The topological polar surface area (TPSA) is 87.3 Å². The van der Waals surface area contributed by atoms with Crippen LogP contribution in [0.25, 0.3) is 5.57 Å². The zero-order valence-corrected chi connectivity index (χ0v) is 18.3. The molecule has 1 amide bonds. The van der Waals surface area contributed by atoms with E-state index in [1.165, 1.54) is 32.0 Å². The molecule has 1 spiro atoms. The van der Waals surface area contributed by atoms with Crippen LogP contribution in [0, 0.1) is 11.2 Å². The van der Waals surface area contributed by atoms with Crippen LogP contribution in [0.4, 0.5) is 15.0 Å². The first kappa shape index (κ1) is 21.5. The molecule has 4 rings (SSSR count). The number of aliphatic imine (C=N–C) groups is 1. The summed E-state index contributed by atoms with van der Waals surface area (Å²) >= 11 is 0. The van der Waals surface area contributed by atoms with Crippen LogP contribution in [-0.2, 0) is 4.74 Å². The van der Waals surface area contributed by atoms with Crippen molar-refractivity contribution in [1.29, 1.82) is 0 Å². The van der Waals surface area contributed by atoms with Gasteiger partial charge in [-0.3, -0.25) is 9.89 Å². The highest BCUT2D eigenvalue weighted by Crippen LogP contribution is 2.47. The van der Waals surface area contributed by atoms with Gasteiger partial charge in [-0.2, -0.15) is 0 Å². The molecule has 2 aliphatic heterocycles. The van der Waals surface area contributed by atoms with Gasteiger partial charge in [-0.15, -0.1) is 0 Å². The molecule has 9 heteroatoms. The molecule has 3 aliphatic rings. The van der Waals surface area contributed by atoms with E-state index in [0.717, 1.165) is 57.9 Å². The third kappa shape index (κ3) is 4.23. The molecule has 3 heterocycles. The number of methoxy groups -OCH3 is 1. The maximum absolute atomic E-state index is 13.9. The Bertz CT molecular complexity index is 875. The third-order valence-electron chi connectivity index (χ3n) is 6.88. The molecule has 1 aromatic rings. The lowest BCUT2D eigenvalue weighted by Gasteiger charge is -2.48. The number of pyridine rings is 1. The van der Waals surface area contributed by atoms with Crippen molar-refractivity contribution < 1.29 is 13.9 Å². The van der Waals surface area contributed by atoms with E-state index in [2.05, 4.69) is 19.8 Å². The van der Waals surface area contributed by atoms with Gasteiger partial charge in [0.1, 0.15) is 11.6 Å². The highest BCUT2D eigenvalue weighted by molar-refractivity contribution is 6.11. The Kier molecular flexibility index (Phi) is 6.13. The van der Waals surface area contributed by atoms with E-state index in [1.54, 1.807) is 18.2 Å². The average molecular weight is 431 g/mol. The summed E-state index contributed by atoms with van der Waals surface area (Å²) < 4.78 is 18.7. The predicted molar refractivity (Wildman–Crippen MR) is 119 cm³/mol. The van der Waals surface area contributed by atoms with Gasteiger partial charge < -0.3 is 20.3 Å². The maximum atomic E-state index is 13.9. The summed E-state index contributed by atoms with van der Waals surface area (Å²) in [5, 5.41) is 0. The Balaban J connectivity index is 1.38. The molecule has 8 nitrogen and oxygen atoms in total. The van der Waals surface area contributed by atoms with Gasteiger partial charge in [-0.1, -0.05) is 0 Å². The van der Waals surface area contributed by atoms with Gasteiger partial charge in [0.25, 0.3) is 0 Å². The first-order valence-corrected chi connectivity index (χ1v) is 10.8. The average Bonchev–Trinajstić information content (AvgIpc) is 3.22. The molecular weight excluding hydrogens is 399 g/mol. The summed E-state index contributed by atoms with van der Waals surface area (Å²) in [4.78, 5) is 26.6. The SMILES string of the molecule is CN=C/C(=C\N)c1cc(F)cnc1N1CCN([C@@H]2CCC3(C2)CN(C(=O)OC)C3)CC1. The zero-order chi connectivity index (χ0) is 22.0. The Hall–Kier alpha value is -2.68. The van der Waals surface area contributed by atoms with Crippen molar-refractivity contribution in [1.82, 2.24) is 14.8 Å². The molecule has 0 bridgehead atoms. The number of carbonyl (C=O) groups is 1. The second-order valence-corrected chi connectivity index (χ2v) is 8.78. The fraction of sp³-hybridized carbons (Fsp3) is 0.591. The molecule has 0 unspecified atom stereocenters. The number of nitrogens with two attached hydrogens (primary N) is 1. The Morgan fingerprint density at radius 3 is 2.74 bits per heavy atom. The van der Waals surface area contributed by atoms with Crippen molar-refractivity contribution in [2.75, 3.05) is 58.3 Å². The summed E-state index contributed by atoms with van der Waals surface area (Å²) in [7, 11) is 3.10. The second-order valence-electron chi connectivity index (χ2n) is 8.78. The summed E-state index contributed by atoms with van der Waals surface area (Å²) in [6, 6.07) is 2.02. The Morgan fingerprint density at radius 1 is 1.35 bits per heavy atom. The van der Waals surface area contributed by atoms with E-state index >= 15 is 0 Å². The lowest BCUT2D eigenvalue weighted by atomic mass is 9.78. The van der Waals surface area contributed by atoms with Crippen LogP contribution in [0.3, 0.4) is 0 Å². The summed E-state index contributed by atoms with van der Waals surface area (Å²) in [6.45, 7) is 5.14. The minimum atomic E-state index is -0.390. The van der Waals surface area contributed by atoms with Gasteiger partial charge in [-0.05, 0) is 25.3 Å². The number of carbonyl (C=O) groups excluding carboxylic acids is 1. The predicted octanol–water partition coefficient (Wildman–Crippen LogP) is 1.96. The minimum Gasteiger partial charge on any atom is -0.453 e. The van der Waals surface area contributed by atoms with E-state index in [1.807, 2.05) is 0 Å². The number of nitrogens with zero attached hydrogens (tertiary/aromatic N) is 5. The molecule has 31 heavy (non-hydrogen) atoms. The zero-order valence-electron chi connectivity index (χ0n) is 18.3. The number of ether oxygens (including phenoxy) is 1. The number of likely N-dealkylation sites (tertiary alicyclic amines) is 1. The van der Waals surface area contributed by atoms with E-state index in [9.17, 15) is 9.18 Å². The molecule has 0 radical (unpaired) electrons. The number of rotatable bonds is 4. The van der Waals surface area contributed by atoms with Crippen LogP contribution in [-0.4, -0.2) is 86.6 Å². The van der Waals surface area contributed by atoms with Gasteiger partial charge in [0, 0.05) is 81.3 Å². The quantitative estimate of drug-likeness (QED) is 0.735. The van der Waals surface area contributed by atoms with E-state index < -0.39 is 0 Å². The van der Waals surface area contributed by atoms with E-state index in [0.29, 0.717) is 17.2 Å². The van der Waals surface area contributed by atoms with E-state index in [4.69, 9.17) is 10.5 Å². The molecule has 0 aromatic carbocycles. The smallest absolute Gasteiger partial charge is 0.409 e. The van der Waals surface area contributed by atoms with Crippen molar-refractivity contribution >= 4 is 23.7 Å². The summed E-state index contributed by atoms with van der Waals surface area (Å²) in [5.41, 5.74) is 7.35. The number of hydrogen-bond donors (Lipinski definition) is 1. The Labute approximate surface area is 182 Å². The van der Waals surface area contributed by atoms with Gasteiger partial charge in [0.15, 0.2) is 0 Å². The number of amides is 1. The first-order valence-electron chi connectivity index (χ1n) is 10.8. The van der Waals surface area contributed by atoms with Crippen LogP contribution in [0.2, 0.25) is 0 Å². The van der Waals surface area contributed by atoms with Gasteiger partial charge in [0.2, 0.25) is 0 Å². The van der Waals surface area contributed by atoms with Crippen LogP contribution in [0.5, 0.6) is 0 Å². The number of halogens is 1. The van der Waals surface area contributed by atoms with Crippen molar-refractivity contribution in [2.24, 2.45) is 16.1 Å². The standard InChI is InChI=1S/C22H31FN6O2/c1-25-12-16(11-24)19-9-17(23)13-26-20(19)28-7-5-27(6-8-28)18-3-4-22(10-18)14-29(15-22)21(30)31-2/h9,11-13,18H,3-8,10,14-15,24H2,1-2H3/b16-11+,25-12?/t18-/m1/s1. The number of allylic oxidation sites excluding steroid dienone is 1. The fourth-order valence-electron chi connectivity index (χ4n) is 5.33. The van der Waals surface area contributed by atoms with Crippen molar-refractivity contribution in [3.05, 3.63) is 29.8 Å². The van der Waals surface area contributed by atoms with Crippen molar-refractivity contribution in [2.45, 2.75) is 25.3 Å². The van der Waals surface area contributed by atoms with Crippen molar-refractivity contribution in [3.8, 4) is 0 Å². The summed E-state index contributed by atoms with van der Waals surface area (Å²) in [6.07, 6.45) is 7.57. The largest absolute Gasteiger partial charge is 0.453 e. The molecule has 2 N–H and O–H groups in total. The highest BCUT2D eigenvalue weighted by Gasteiger charge is 2.51. The van der Waals surface area contributed by atoms with Crippen LogP contribution < -0.4 is 10.6 Å². The van der Waals surface area contributed by atoms with Gasteiger partial charge in [0.05, 0.1) is 13.3 Å². The number of anilines is 1. The van der Waals surface area contributed by atoms with Gasteiger partial charge >= 0.3 is 6.09 Å². The first-order chi connectivity index (χ1) is 15.0. The fourth-order valence-corrected chi connectivity index (χ4v) is 5.33. The third-order valence-corrected chi connectivity index (χ3v) is 6.88. The monoisotopic (exact) mass is 430 g/mol. The van der Waals surface area contributed by atoms with Crippen molar-refractivity contribution in [3.63, 3.8) is 0 Å². The van der Waals surface area contributed by atoms with Crippen LogP contribution in [0.15, 0.2) is 23.5 Å². The lowest BCUT2D eigenvalue weighted by Crippen LogP contribution is -2.58. The molecule has 1 aliphatic carbocycles. The number of aromatic nitrogens is 1. The normalized spacial score (nSPS) is 24.1. The molecule has 2 saturated heterocycles. The summed E-state index contributed by atoms with van der Waals surface area (Å²) in [5.74, 6) is 0.354.